The van der Waals surface area contributed by atoms with Crippen molar-refractivity contribution in [3.05, 3.63) is 59.4 Å². The van der Waals surface area contributed by atoms with Crippen molar-refractivity contribution < 1.29 is 17.6 Å². The van der Waals surface area contributed by atoms with E-state index in [1.54, 1.807) is 37.3 Å². The van der Waals surface area contributed by atoms with Gasteiger partial charge in [0.05, 0.1) is 11.7 Å². The third kappa shape index (κ3) is 4.25. The number of primary amides is 1. The standard InChI is InChI=1S/C21H25FN2O3S/c1-14-6-7-15(2)28(26,27)24(14)13-19-9-8-18(12-20(19)22)17-5-3-4-16(10-17)11-21(23)25/h3-5,8-10,12,14-15H,6-7,11,13H2,1-2H3,(H2,23,25)/t14-,15?/m0/s1. The Bertz CT molecular complexity index is 991. The third-order valence-electron chi connectivity index (χ3n) is 5.34. The molecule has 1 aliphatic heterocycles. The lowest BCUT2D eigenvalue weighted by atomic mass is 10.00. The molecule has 3 rings (SSSR count). The largest absolute Gasteiger partial charge is 0.369 e. The minimum atomic E-state index is -3.42. The van der Waals surface area contributed by atoms with Crippen molar-refractivity contribution in [2.75, 3.05) is 0 Å². The molecule has 1 unspecified atom stereocenters. The van der Waals surface area contributed by atoms with Crippen LogP contribution in [-0.2, 0) is 27.8 Å². The molecule has 0 aliphatic carbocycles. The van der Waals surface area contributed by atoms with Gasteiger partial charge in [0.25, 0.3) is 0 Å². The van der Waals surface area contributed by atoms with Gasteiger partial charge < -0.3 is 5.73 Å². The Balaban J connectivity index is 1.86. The fraction of sp³-hybridized carbons (Fsp3) is 0.381. The molecule has 1 aliphatic rings. The lowest BCUT2D eigenvalue weighted by Crippen LogP contribution is -2.47. The molecule has 0 aromatic heterocycles. The van der Waals surface area contributed by atoms with Crippen LogP contribution in [0, 0.1) is 5.82 Å². The zero-order valence-corrected chi connectivity index (χ0v) is 16.9. The molecule has 2 aromatic carbocycles. The molecule has 1 saturated heterocycles. The number of nitrogens with zero attached hydrogens (tertiary/aromatic N) is 1. The predicted octanol–water partition coefficient (Wildman–Crippen LogP) is 3.22. The van der Waals surface area contributed by atoms with E-state index in [1.165, 1.54) is 10.4 Å². The SMILES string of the molecule is CC1CC[C@H](C)N(Cc2ccc(-c3cccc(CC(N)=O)c3)cc2F)S1(=O)=O. The number of nitrogens with two attached hydrogens (primary N) is 1. The molecule has 150 valence electrons. The molecule has 7 heteroatoms. The van der Waals surface area contributed by atoms with Gasteiger partial charge in [0.2, 0.25) is 15.9 Å². The minimum Gasteiger partial charge on any atom is -0.369 e. The zero-order chi connectivity index (χ0) is 20.5. The smallest absolute Gasteiger partial charge is 0.221 e. The van der Waals surface area contributed by atoms with Crippen LogP contribution >= 0.6 is 0 Å². The van der Waals surface area contributed by atoms with Crippen LogP contribution in [0.4, 0.5) is 4.39 Å². The maximum Gasteiger partial charge on any atom is 0.221 e. The minimum absolute atomic E-state index is 0.0294. The van der Waals surface area contributed by atoms with Gasteiger partial charge in [-0.3, -0.25) is 4.79 Å². The van der Waals surface area contributed by atoms with Crippen LogP contribution in [0.3, 0.4) is 0 Å². The first kappa shape index (κ1) is 20.5. The van der Waals surface area contributed by atoms with Crippen molar-refractivity contribution >= 4 is 15.9 Å². The van der Waals surface area contributed by atoms with Gasteiger partial charge in [-0.05, 0) is 49.4 Å². The molecule has 0 bridgehead atoms. The third-order valence-corrected chi connectivity index (χ3v) is 7.73. The molecule has 1 amide bonds. The quantitative estimate of drug-likeness (QED) is 0.831. The highest BCUT2D eigenvalue weighted by Crippen LogP contribution is 2.30. The van der Waals surface area contributed by atoms with Crippen molar-refractivity contribution in [1.82, 2.24) is 4.31 Å². The molecule has 1 heterocycles. The first-order valence-corrected chi connectivity index (χ1v) is 10.9. The van der Waals surface area contributed by atoms with Gasteiger partial charge >= 0.3 is 0 Å². The Morgan fingerprint density at radius 3 is 2.54 bits per heavy atom. The molecule has 0 saturated carbocycles. The van der Waals surface area contributed by atoms with E-state index in [0.717, 1.165) is 17.5 Å². The van der Waals surface area contributed by atoms with Crippen LogP contribution in [0.1, 0.15) is 37.8 Å². The van der Waals surface area contributed by atoms with Crippen LogP contribution in [-0.4, -0.2) is 29.9 Å². The second-order valence-corrected chi connectivity index (χ2v) is 9.78. The number of hydrogen-bond acceptors (Lipinski definition) is 3. The van der Waals surface area contributed by atoms with Crippen LogP contribution in [0.5, 0.6) is 0 Å². The summed E-state index contributed by atoms with van der Waals surface area (Å²) in [6.45, 7) is 3.59. The molecule has 1 fully saturated rings. The van der Waals surface area contributed by atoms with Gasteiger partial charge in [-0.2, -0.15) is 4.31 Å². The van der Waals surface area contributed by atoms with Crippen molar-refractivity contribution in [3.8, 4) is 11.1 Å². The highest BCUT2D eigenvalue weighted by atomic mass is 32.2. The van der Waals surface area contributed by atoms with Crippen LogP contribution in [0.2, 0.25) is 0 Å². The second kappa shape index (κ2) is 8.01. The van der Waals surface area contributed by atoms with Crippen LogP contribution in [0.15, 0.2) is 42.5 Å². The summed E-state index contributed by atoms with van der Waals surface area (Å²) >= 11 is 0. The number of halogens is 1. The lowest BCUT2D eigenvalue weighted by Gasteiger charge is -2.36. The molecule has 0 radical (unpaired) electrons. The van der Waals surface area contributed by atoms with E-state index in [0.29, 0.717) is 17.5 Å². The number of sulfonamides is 1. The van der Waals surface area contributed by atoms with Gasteiger partial charge in [0.1, 0.15) is 5.82 Å². The van der Waals surface area contributed by atoms with Crippen molar-refractivity contribution in [3.63, 3.8) is 0 Å². The molecular formula is C21H25FN2O3S. The molecular weight excluding hydrogens is 379 g/mol. The molecule has 2 N–H and O–H groups in total. The van der Waals surface area contributed by atoms with Gasteiger partial charge in [0.15, 0.2) is 0 Å². The van der Waals surface area contributed by atoms with Gasteiger partial charge in [-0.15, -0.1) is 0 Å². The maximum atomic E-state index is 14.8. The molecule has 2 atom stereocenters. The summed E-state index contributed by atoms with van der Waals surface area (Å²) in [4.78, 5) is 11.1. The summed E-state index contributed by atoms with van der Waals surface area (Å²) in [5, 5.41) is -0.445. The van der Waals surface area contributed by atoms with Crippen molar-refractivity contribution in [2.45, 2.75) is 50.9 Å². The van der Waals surface area contributed by atoms with Crippen LogP contribution in [0.25, 0.3) is 11.1 Å². The maximum absolute atomic E-state index is 14.8. The number of amides is 1. The molecule has 5 nitrogen and oxygen atoms in total. The monoisotopic (exact) mass is 404 g/mol. The fourth-order valence-electron chi connectivity index (χ4n) is 3.58. The highest BCUT2D eigenvalue weighted by Gasteiger charge is 2.37. The van der Waals surface area contributed by atoms with E-state index < -0.39 is 27.0 Å². The van der Waals surface area contributed by atoms with Gasteiger partial charge in [-0.1, -0.05) is 36.4 Å². The number of benzene rings is 2. The van der Waals surface area contributed by atoms with Crippen LogP contribution < -0.4 is 5.73 Å². The number of hydrogen-bond donors (Lipinski definition) is 1. The van der Waals surface area contributed by atoms with E-state index >= 15 is 0 Å². The Hall–Kier alpha value is -2.25. The summed E-state index contributed by atoms with van der Waals surface area (Å²) in [5.74, 6) is -0.872. The van der Waals surface area contributed by atoms with E-state index in [9.17, 15) is 17.6 Å². The lowest BCUT2D eigenvalue weighted by molar-refractivity contribution is -0.117. The van der Waals surface area contributed by atoms with E-state index in [-0.39, 0.29) is 19.0 Å². The summed E-state index contributed by atoms with van der Waals surface area (Å²) in [7, 11) is -3.42. The molecule has 2 aromatic rings. The fourth-order valence-corrected chi connectivity index (χ4v) is 5.40. The normalized spacial score (nSPS) is 22.1. The average molecular weight is 405 g/mol. The van der Waals surface area contributed by atoms with Gasteiger partial charge in [-0.25, -0.2) is 12.8 Å². The summed E-state index contributed by atoms with van der Waals surface area (Å²) in [5.41, 5.74) is 7.78. The second-order valence-electron chi connectivity index (χ2n) is 7.48. The predicted molar refractivity (Wildman–Crippen MR) is 107 cm³/mol. The molecule has 0 spiro atoms. The topological polar surface area (TPSA) is 80.5 Å². The number of carbonyl (C=O) groups is 1. The van der Waals surface area contributed by atoms with E-state index in [4.69, 9.17) is 5.73 Å². The zero-order valence-electron chi connectivity index (χ0n) is 16.1. The Morgan fingerprint density at radius 2 is 1.86 bits per heavy atom. The summed E-state index contributed by atoms with van der Waals surface area (Å²) < 4.78 is 41.4. The first-order chi connectivity index (χ1) is 13.2. The van der Waals surface area contributed by atoms with Gasteiger partial charge in [0, 0.05) is 18.2 Å². The summed E-state index contributed by atoms with van der Waals surface area (Å²) in [6, 6.07) is 11.9. The van der Waals surface area contributed by atoms with Crippen molar-refractivity contribution in [1.29, 1.82) is 0 Å². The average Bonchev–Trinajstić information content (AvgIpc) is 2.63. The summed E-state index contributed by atoms with van der Waals surface area (Å²) in [6.07, 6.45) is 1.52. The number of carbonyl (C=O) groups excluding carboxylic acids is 1. The van der Waals surface area contributed by atoms with E-state index in [1.807, 2.05) is 13.0 Å². The number of rotatable bonds is 5. The highest BCUT2D eigenvalue weighted by molar-refractivity contribution is 7.89. The Morgan fingerprint density at radius 1 is 1.14 bits per heavy atom. The molecule has 28 heavy (non-hydrogen) atoms. The Labute approximate surface area is 165 Å². The first-order valence-electron chi connectivity index (χ1n) is 9.35. The van der Waals surface area contributed by atoms with Crippen molar-refractivity contribution in [2.24, 2.45) is 5.73 Å². The Kier molecular flexibility index (Phi) is 5.86. The van der Waals surface area contributed by atoms with E-state index in [2.05, 4.69) is 0 Å².